The minimum Gasteiger partial charge on any atom is -0.381 e. The third-order valence-electron chi connectivity index (χ3n) is 8.03. The third-order valence-corrected chi connectivity index (χ3v) is 8.03. The highest BCUT2D eigenvalue weighted by atomic mass is 15.2. The van der Waals surface area contributed by atoms with Gasteiger partial charge in [-0.2, -0.15) is 0 Å². The normalized spacial score (nSPS) is 13.9. The van der Waals surface area contributed by atoms with Crippen molar-refractivity contribution in [2.45, 2.75) is 114 Å². The molecule has 0 aliphatic carbocycles. The Bertz CT molecular complexity index is 1140. The average molecular weight is 589 g/mol. The third kappa shape index (κ3) is 14.1. The number of aryl methyl sites for hydroxylation is 4. The molecule has 0 unspecified atom stereocenters. The monoisotopic (exact) mass is 589 g/mol. The van der Waals surface area contributed by atoms with Crippen LogP contribution in [0.15, 0.2) is 60.3 Å². The maximum Gasteiger partial charge on any atom is 0.0402 e. The van der Waals surface area contributed by atoms with Crippen molar-refractivity contribution in [2.75, 3.05) is 32.7 Å². The number of benzene rings is 1. The van der Waals surface area contributed by atoms with Crippen LogP contribution in [0.3, 0.4) is 0 Å². The lowest BCUT2D eigenvalue weighted by Crippen LogP contribution is -2.45. The first-order chi connectivity index (χ1) is 20.6. The highest BCUT2D eigenvalue weighted by Crippen LogP contribution is 2.21. The fourth-order valence-corrected chi connectivity index (χ4v) is 5.48. The Hall–Kier alpha value is -2.69. The second-order valence-electron chi connectivity index (χ2n) is 12.0. The number of nitrogens with zero attached hydrogens (tertiary/aromatic N) is 3. The largest absolute Gasteiger partial charge is 0.381 e. The quantitative estimate of drug-likeness (QED) is 0.250. The zero-order chi connectivity index (χ0) is 32.4. The van der Waals surface area contributed by atoms with E-state index in [9.17, 15) is 0 Å². The zero-order valence-corrected chi connectivity index (χ0v) is 29.7. The summed E-state index contributed by atoms with van der Waals surface area (Å²) < 4.78 is 0. The van der Waals surface area contributed by atoms with Crippen LogP contribution in [-0.2, 0) is 6.54 Å². The topological polar surface area (TPSA) is 31.4 Å². The second-order valence-corrected chi connectivity index (χ2v) is 12.0. The summed E-state index contributed by atoms with van der Waals surface area (Å²) in [4.78, 5) is 9.74. The van der Waals surface area contributed by atoms with Gasteiger partial charge < -0.3 is 10.2 Å². The van der Waals surface area contributed by atoms with Gasteiger partial charge in [-0.25, -0.2) is 0 Å². The Morgan fingerprint density at radius 3 is 2.14 bits per heavy atom. The van der Waals surface area contributed by atoms with Gasteiger partial charge in [-0.3, -0.25) is 9.88 Å². The molecule has 0 bridgehead atoms. The Balaban J connectivity index is 0.000000411. The Labute approximate surface area is 266 Å². The minimum absolute atomic E-state index is 0.785. The van der Waals surface area contributed by atoms with E-state index in [1.165, 1.54) is 85.3 Å². The lowest BCUT2D eigenvalue weighted by molar-refractivity contribution is 0.104. The molecule has 240 valence electrons. The van der Waals surface area contributed by atoms with Gasteiger partial charge in [0.15, 0.2) is 0 Å². The van der Waals surface area contributed by atoms with Crippen LogP contribution in [0.25, 0.3) is 5.70 Å². The summed E-state index contributed by atoms with van der Waals surface area (Å²) in [5, 5.41) is 3.35. The number of hydrogen-bond donors (Lipinski definition) is 1. The highest BCUT2D eigenvalue weighted by molar-refractivity contribution is 5.62. The van der Waals surface area contributed by atoms with Crippen molar-refractivity contribution in [3.63, 3.8) is 0 Å². The maximum absolute atomic E-state index is 4.37. The fourth-order valence-electron chi connectivity index (χ4n) is 5.48. The molecule has 4 heteroatoms. The molecule has 0 radical (unpaired) electrons. The molecule has 4 nitrogen and oxygen atoms in total. The molecular weight excluding hydrogens is 524 g/mol. The van der Waals surface area contributed by atoms with Crippen LogP contribution in [0.2, 0.25) is 0 Å². The van der Waals surface area contributed by atoms with Crippen LogP contribution in [0.1, 0.15) is 108 Å². The molecule has 2 heterocycles. The molecule has 0 saturated carbocycles. The minimum atomic E-state index is 0.785. The van der Waals surface area contributed by atoms with Crippen molar-refractivity contribution in [1.82, 2.24) is 20.1 Å². The van der Waals surface area contributed by atoms with Gasteiger partial charge in [0.2, 0.25) is 0 Å². The summed E-state index contributed by atoms with van der Waals surface area (Å²) in [6, 6.07) is 9.81. The van der Waals surface area contributed by atoms with Gasteiger partial charge in [-0.05, 0) is 129 Å². The number of hydrogen-bond acceptors (Lipinski definition) is 4. The molecule has 1 aromatic heterocycles. The molecule has 3 rings (SSSR count). The Kier molecular flexibility index (Phi) is 18.8. The molecule has 0 amide bonds. The first-order valence-corrected chi connectivity index (χ1v) is 16.8. The standard InChI is InChI=1S/C20H34N2.C17H24N2.C2H6/c1-5-11-22(12-6-2)20-9-13-21(14-10-20)16-19-8-7-17(3)15-18(19)4;1-7-16(8-12(2)3)10-18-15(6)17-9-13(4)14(5)19-11-17;1-2/h7-8,15,20H,5-6,9-14,16H2,1-4H3;7-9,11,18H,6,10H2,1-5H3;1-2H3/b;16-7+;. The van der Waals surface area contributed by atoms with Crippen molar-refractivity contribution in [3.05, 3.63) is 93.9 Å². The summed E-state index contributed by atoms with van der Waals surface area (Å²) in [7, 11) is 0. The Morgan fingerprint density at radius 2 is 1.63 bits per heavy atom. The maximum atomic E-state index is 4.37. The van der Waals surface area contributed by atoms with Gasteiger partial charge in [0, 0.05) is 42.3 Å². The number of rotatable bonds is 12. The van der Waals surface area contributed by atoms with Crippen LogP contribution in [0.5, 0.6) is 0 Å². The lowest BCUT2D eigenvalue weighted by Gasteiger charge is -2.38. The van der Waals surface area contributed by atoms with E-state index in [-0.39, 0.29) is 0 Å². The number of aromatic nitrogens is 1. The van der Waals surface area contributed by atoms with Crippen LogP contribution in [0.4, 0.5) is 0 Å². The lowest BCUT2D eigenvalue weighted by atomic mass is 10.0. The highest BCUT2D eigenvalue weighted by Gasteiger charge is 2.23. The molecule has 0 atom stereocenters. The van der Waals surface area contributed by atoms with Crippen LogP contribution in [-0.4, -0.2) is 53.5 Å². The predicted octanol–water partition coefficient (Wildman–Crippen LogP) is 9.59. The molecule has 2 aromatic rings. The van der Waals surface area contributed by atoms with Gasteiger partial charge >= 0.3 is 0 Å². The van der Waals surface area contributed by atoms with Crippen LogP contribution in [0, 0.1) is 27.7 Å². The summed E-state index contributed by atoms with van der Waals surface area (Å²) in [6.07, 6.45) is 11.4. The average Bonchev–Trinajstić information content (AvgIpc) is 2.99. The van der Waals surface area contributed by atoms with E-state index in [1.807, 2.05) is 27.0 Å². The molecular formula is C39H64N4. The van der Waals surface area contributed by atoms with E-state index in [0.717, 1.165) is 36.1 Å². The molecule has 1 aliphatic heterocycles. The van der Waals surface area contributed by atoms with Gasteiger partial charge in [0.05, 0.1) is 0 Å². The first-order valence-electron chi connectivity index (χ1n) is 16.8. The molecule has 1 saturated heterocycles. The summed E-state index contributed by atoms with van der Waals surface area (Å²) >= 11 is 0. The molecule has 1 N–H and O–H groups in total. The van der Waals surface area contributed by atoms with Gasteiger partial charge in [0.1, 0.15) is 0 Å². The van der Waals surface area contributed by atoms with Gasteiger partial charge in [-0.15, -0.1) is 0 Å². The first kappa shape index (κ1) is 38.3. The van der Waals surface area contributed by atoms with Crippen molar-refractivity contribution in [1.29, 1.82) is 0 Å². The summed E-state index contributed by atoms with van der Waals surface area (Å²) in [5.74, 6) is 0. The fraction of sp³-hybridized carbons (Fsp3) is 0.564. The van der Waals surface area contributed by atoms with Crippen LogP contribution >= 0.6 is 0 Å². The number of allylic oxidation sites excluding steroid dienone is 2. The van der Waals surface area contributed by atoms with E-state index < -0.39 is 0 Å². The molecule has 1 aliphatic rings. The van der Waals surface area contributed by atoms with Gasteiger partial charge in [0.25, 0.3) is 0 Å². The summed E-state index contributed by atoms with van der Waals surface area (Å²) in [6.45, 7) is 34.4. The van der Waals surface area contributed by atoms with E-state index in [1.54, 1.807) is 0 Å². The van der Waals surface area contributed by atoms with E-state index in [4.69, 9.17) is 0 Å². The molecule has 43 heavy (non-hydrogen) atoms. The SMILES string of the molecule is C=C(NC/C(C=C(C)C)=C/C)c1cnc(C)c(C)c1.CC.CCCN(CCC)C1CCN(Cc2ccc(C)cc2C)CC1. The van der Waals surface area contributed by atoms with E-state index in [0.29, 0.717) is 0 Å². The van der Waals surface area contributed by atoms with E-state index >= 15 is 0 Å². The molecule has 1 aromatic carbocycles. The zero-order valence-electron chi connectivity index (χ0n) is 29.7. The van der Waals surface area contributed by atoms with E-state index in [2.05, 4.69) is 118 Å². The predicted molar refractivity (Wildman–Crippen MR) is 192 cm³/mol. The number of likely N-dealkylation sites (tertiary alicyclic amines) is 1. The second kappa shape index (κ2) is 21.1. The Morgan fingerprint density at radius 1 is 1.00 bits per heavy atom. The molecule has 0 spiro atoms. The van der Waals surface area contributed by atoms with Crippen molar-refractivity contribution in [2.24, 2.45) is 0 Å². The van der Waals surface area contributed by atoms with Crippen LogP contribution < -0.4 is 5.32 Å². The number of pyridine rings is 1. The number of nitrogens with one attached hydrogen (secondary N) is 1. The van der Waals surface area contributed by atoms with Crippen molar-refractivity contribution in [3.8, 4) is 0 Å². The van der Waals surface area contributed by atoms with Crippen molar-refractivity contribution >= 4 is 5.70 Å². The number of piperidine rings is 1. The summed E-state index contributed by atoms with van der Waals surface area (Å²) in [5.41, 5.74) is 11.1. The van der Waals surface area contributed by atoms with Gasteiger partial charge in [-0.1, -0.05) is 75.8 Å². The molecule has 1 fully saturated rings. The smallest absolute Gasteiger partial charge is 0.0402 e. The van der Waals surface area contributed by atoms with Crippen molar-refractivity contribution < 1.29 is 0 Å².